The average molecular weight is 409 g/mol. The van der Waals surface area contributed by atoms with Crippen molar-refractivity contribution in [3.05, 3.63) is 87.2 Å². The lowest BCUT2D eigenvalue weighted by atomic mass is 10.1. The predicted octanol–water partition coefficient (Wildman–Crippen LogP) is 3.26. The molecule has 2 aromatic carbocycles. The van der Waals surface area contributed by atoms with Crippen molar-refractivity contribution in [1.29, 1.82) is 0 Å². The third-order valence-corrected chi connectivity index (χ3v) is 4.32. The number of esters is 1. The van der Waals surface area contributed by atoms with Crippen LogP contribution in [0.3, 0.4) is 0 Å². The summed E-state index contributed by atoms with van der Waals surface area (Å²) in [7, 11) is 1.39. The first kappa shape index (κ1) is 20.7. The number of carbonyl (C=O) groups excluding carboxylic acids is 2. The maximum absolute atomic E-state index is 13.1. The van der Waals surface area contributed by atoms with Crippen molar-refractivity contribution >= 4 is 17.4 Å². The van der Waals surface area contributed by atoms with Crippen LogP contribution in [0.2, 0.25) is 0 Å². The van der Waals surface area contributed by atoms with E-state index < -0.39 is 16.7 Å². The van der Waals surface area contributed by atoms with Gasteiger partial charge in [0.05, 0.1) is 25.2 Å². The van der Waals surface area contributed by atoms with Gasteiger partial charge in [-0.3, -0.25) is 19.6 Å². The van der Waals surface area contributed by atoms with E-state index in [9.17, 15) is 19.7 Å². The number of carbonyl (C=O) groups is 2. The molecule has 0 N–H and O–H groups in total. The third-order valence-electron chi connectivity index (χ3n) is 4.32. The van der Waals surface area contributed by atoms with Crippen LogP contribution in [0.25, 0.3) is 0 Å². The van der Waals surface area contributed by atoms with E-state index >= 15 is 0 Å². The molecule has 30 heavy (non-hydrogen) atoms. The van der Waals surface area contributed by atoms with Gasteiger partial charge in [0.25, 0.3) is 5.69 Å². The van der Waals surface area contributed by atoms with E-state index in [4.69, 9.17) is 9.47 Å². The first-order chi connectivity index (χ1) is 14.4. The molecule has 154 valence electrons. The van der Waals surface area contributed by atoms with Gasteiger partial charge in [0.1, 0.15) is 22.7 Å². The Bertz CT molecular complexity index is 1090. The molecule has 0 saturated heterocycles. The van der Waals surface area contributed by atoms with E-state index in [1.807, 2.05) is 30.3 Å². The Morgan fingerprint density at radius 1 is 1.13 bits per heavy atom. The largest absolute Gasteiger partial charge is 0.497 e. The molecule has 0 bridgehead atoms. The molecule has 3 rings (SSSR count). The number of nitro groups is 1. The predicted molar refractivity (Wildman–Crippen MR) is 107 cm³/mol. The molecule has 0 aliphatic carbocycles. The zero-order valence-corrected chi connectivity index (χ0v) is 16.4. The first-order valence-electron chi connectivity index (χ1n) is 9.10. The minimum absolute atomic E-state index is 0.0783. The minimum Gasteiger partial charge on any atom is -0.497 e. The second-order valence-corrected chi connectivity index (χ2v) is 6.25. The number of aromatic nitrogens is 2. The monoisotopic (exact) mass is 409 g/mol. The molecule has 0 saturated carbocycles. The fourth-order valence-corrected chi connectivity index (χ4v) is 2.90. The van der Waals surface area contributed by atoms with Crippen molar-refractivity contribution in [3.63, 3.8) is 0 Å². The first-order valence-corrected chi connectivity index (χ1v) is 9.10. The summed E-state index contributed by atoms with van der Waals surface area (Å²) in [6.07, 6.45) is 0. The van der Waals surface area contributed by atoms with Crippen LogP contribution in [0, 0.1) is 10.1 Å². The summed E-state index contributed by atoms with van der Waals surface area (Å²) in [4.78, 5) is 36.2. The average Bonchev–Trinajstić information content (AvgIpc) is 3.17. The van der Waals surface area contributed by atoms with Crippen LogP contribution in [0.15, 0.2) is 54.6 Å². The van der Waals surface area contributed by atoms with Crippen molar-refractivity contribution in [3.8, 4) is 5.75 Å². The summed E-state index contributed by atoms with van der Waals surface area (Å²) in [6.45, 7) is 2.05. The number of hydrogen-bond donors (Lipinski definition) is 0. The topological polar surface area (TPSA) is 114 Å². The van der Waals surface area contributed by atoms with Crippen LogP contribution >= 0.6 is 0 Å². The van der Waals surface area contributed by atoms with Crippen LogP contribution in [0.5, 0.6) is 5.75 Å². The Morgan fingerprint density at radius 3 is 2.50 bits per heavy atom. The molecule has 0 radical (unpaired) electrons. The molecule has 1 heterocycles. The number of nitrogens with zero attached hydrogens (tertiary/aromatic N) is 3. The molecule has 1 aromatic heterocycles. The fraction of sp³-hybridized carbons (Fsp3) is 0.190. The maximum atomic E-state index is 13.1. The third kappa shape index (κ3) is 4.35. The SMILES string of the molecule is CCOC(=O)c1cc(C(=O)c2cc(OC)ccc2[N+](=O)[O-])nn1Cc1ccccc1. The summed E-state index contributed by atoms with van der Waals surface area (Å²) >= 11 is 0. The summed E-state index contributed by atoms with van der Waals surface area (Å²) in [5.41, 5.74) is 0.271. The van der Waals surface area contributed by atoms with Crippen LogP contribution < -0.4 is 4.74 Å². The van der Waals surface area contributed by atoms with Gasteiger partial charge < -0.3 is 9.47 Å². The van der Waals surface area contributed by atoms with Gasteiger partial charge in [0.15, 0.2) is 0 Å². The molecule has 0 aliphatic heterocycles. The number of nitro benzene ring substituents is 1. The molecule has 0 atom stereocenters. The highest BCUT2D eigenvalue weighted by Crippen LogP contribution is 2.26. The lowest BCUT2D eigenvalue weighted by Crippen LogP contribution is -2.14. The summed E-state index contributed by atoms with van der Waals surface area (Å²) in [5.74, 6) is -1.05. The van der Waals surface area contributed by atoms with Gasteiger partial charge >= 0.3 is 5.97 Å². The Morgan fingerprint density at radius 2 is 1.87 bits per heavy atom. The van der Waals surface area contributed by atoms with Crippen molar-refractivity contribution in [2.45, 2.75) is 13.5 Å². The smallest absolute Gasteiger partial charge is 0.356 e. The van der Waals surface area contributed by atoms with Crippen LogP contribution in [-0.2, 0) is 11.3 Å². The maximum Gasteiger partial charge on any atom is 0.356 e. The zero-order valence-electron chi connectivity index (χ0n) is 16.4. The molecular formula is C21H19N3O6. The molecule has 0 spiro atoms. The zero-order chi connectivity index (χ0) is 21.7. The molecule has 0 aliphatic rings. The van der Waals surface area contributed by atoms with E-state index in [-0.39, 0.29) is 35.8 Å². The van der Waals surface area contributed by atoms with Crippen molar-refractivity contribution < 1.29 is 24.0 Å². The van der Waals surface area contributed by atoms with Gasteiger partial charge in [-0.05, 0) is 24.6 Å². The van der Waals surface area contributed by atoms with Gasteiger partial charge in [-0.1, -0.05) is 30.3 Å². The highest BCUT2D eigenvalue weighted by molar-refractivity contribution is 6.11. The number of ether oxygens (including phenoxy) is 2. The number of benzene rings is 2. The highest BCUT2D eigenvalue weighted by Gasteiger charge is 2.27. The van der Waals surface area contributed by atoms with Gasteiger partial charge in [-0.15, -0.1) is 0 Å². The van der Waals surface area contributed by atoms with E-state index in [0.29, 0.717) is 5.75 Å². The Kier molecular flexibility index (Phi) is 6.21. The van der Waals surface area contributed by atoms with E-state index in [1.165, 1.54) is 36.1 Å². The van der Waals surface area contributed by atoms with Gasteiger partial charge in [-0.25, -0.2) is 4.79 Å². The molecule has 3 aromatic rings. The molecule has 9 nitrogen and oxygen atoms in total. The van der Waals surface area contributed by atoms with E-state index in [0.717, 1.165) is 5.56 Å². The molecule has 0 fully saturated rings. The molecule has 9 heteroatoms. The van der Waals surface area contributed by atoms with Crippen molar-refractivity contribution in [1.82, 2.24) is 9.78 Å². The standard InChI is InChI=1S/C21H19N3O6/c1-3-30-21(26)19-12-17(22-23(19)13-14-7-5-4-6-8-14)20(25)16-11-15(29-2)9-10-18(16)24(27)28/h4-12H,3,13H2,1-2H3. The van der Waals surface area contributed by atoms with Crippen LogP contribution in [0.1, 0.15) is 39.0 Å². The normalized spacial score (nSPS) is 10.5. The lowest BCUT2D eigenvalue weighted by molar-refractivity contribution is -0.385. The Balaban J connectivity index is 2.06. The number of rotatable bonds is 8. The van der Waals surface area contributed by atoms with Gasteiger partial charge in [-0.2, -0.15) is 5.10 Å². The van der Waals surface area contributed by atoms with Crippen LogP contribution in [-0.4, -0.2) is 40.2 Å². The van der Waals surface area contributed by atoms with E-state index in [1.54, 1.807) is 6.92 Å². The molecular weight excluding hydrogens is 390 g/mol. The van der Waals surface area contributed by atoms with Crippen molar-refractivity contribution in [2.75, 3.05) is 13.7 Å². The highest BCUT2D eigenvalue weighted by atomic mass is 16.6. The summed E-state index contributed by atoms with van der Waals surface area (Å²) < 4.78 is 11.5. The lowest BCUT2D eigenvalue weighted by Gasteiger charge is -2.06. The number of ketones is 1. The van der Waals surface area contributed by atoms with Gasteiger partial charge in [0, 0.05) is 12.1 Å². The van der Waals surface area contributed by atoms with Gasteiger partial charge in [0.2, 0.25) is 5.78 Å². The second kappa shape index (κ2) is 8.99. The molecule has 0 unspecified atom stereocenters. The van der Waals surface area contributed by atoms with E-state index in [2.05, 4.69) is 5.10 Å². The fourth-order valence-electron chi connectivity index (χ4n) is 2.90. The van der Waals surface area contributed by atoms with Crippen molar-refractivity contribution in [2.24, 2.45) is 0 Å². The quantitative estimate of drug-likeness (QED) is 0.243. The minimum atomic E-state index is -0.696. The Hall–Kier alpha value is -4.01. The number of methoxy groups -OCH3 is 1. The summed E-state index contributed by atoms with van der Waals surface area (Å²) in [5, 5.41) is 15.6. The second-order valence-electron chi connectivity index (χ2n) is 6.25. The number of hydrogen-bond acceptors (Lipinski definition) is 7. The van der Waals surface area contributed by atoms with Crippen LogP contribution in [0.4, 0.5) is 5.69 Å². The summed E-state index contributed by atoms with van der Waals surface area (Å²) in [6, 6.07) is 14.4. The Labute approximate surface area is 172 Å². The molecule has 0 amide bonds.